The zero-order valence-corrected chi connectivity index (χ0v) is 12.1. The molecule has 2 rings (SSSR count). The Morgan fingerprint density at radius 1 is 1.29 bits per heavy atom. The molecule has 0 radical (unpaired) electrons. The first-order chi connectivity index (χ1) is 10.2. The highest BCUT2D eigenvalue weighted by Crippen LogP contribution is 2.15. The molecule has 0 aliphatic rings. The van der Waals surface area contributed by atoms with Crippen LogP contribution < -0.4 is 10.6 Å². The number of nitrogens with one attached hydrogen (secondary N) is 2. The van der Waals surface area contributed by atoms with Crippen molar-refractivity contribution in [1.29, 1.82) is 0 Å². The maximum atomic E-state index is 11.6. The summed E-state index contributed by atoms with van der Waals surface area (Å²) in [4.78, 5) is 24.1. The van der Waals surface area contributed by atoms with Crippen LogP contribution in [-0.4, -0.2) is 23.5 Å². The third-order valence-corrected chi connectivity index (χ3v) is 3.72. The van der Waals surface area contributed by atoms with Gasteiger partial charge in [0.2, 0.25) is 0 Å². The van der Waals surface area contributed by atoms with Gasteiger partial charge >= 0.3 is 11.8 Å². The minimum absolute atomic E-state index is 0.206. The molecule has 2 aromatic heterocycles. The predicted molar refractivity (Wildman–Crippen MR) is 77.5 cm³/mol. The number of carbonyl (C=O) groups is 2. The first-order valence-corrected chi connectivity index (χ1v) is 7.33. The Labute approximate surface area is 125 Å². The van der Waals surface area contributed by atoms with E-state index in [0.29, 0.717) is 18.5 Å². The highest BCUT2D eigenvalue weighted by Gasteiger charge is 2.14. The van der Waals surface area contributed by atoms with Crippen LogP contribution in [0.4, 0.5) is 0 Å². The van der Waals surface area contributed by atoms with Gasteiger partial charge in [-0.25, -0.2) is 0 Å². The molecule has 1 atom stereocenters. The van der Waals surface area contributed by atoms with E-state index < -0.39 is 17.9 Å². The fourth-order valence-corrected chi connectivity index (χ4v) is 2.34. The Morgan fingerprint density at radius 3 is 2.76 bits per heavy atom. The van der Waals surface area contributed by atoms with Crippen LogP contribution in [0.25, 0.3) is 0 Å². The maximum Gasteiger partial charge on any atom is 0.309 e. The number of hydrogen-bond donors (Lipinski definition) is 3. The zero-order chi connectivity index (χ0) is 15.1. The number of amides is 2. The summed E-state index contributed by atoms with van der Waals surface area (Å²) in [6.45, 7) is 0.541. The van der Waals surface area contributed by atoms with Crippen LogP contribution in [0.3, 0.4) is 0 Å². The lowest BCUT2D eigenvalue weighted by atomic mass is 10.1. The molecule has 0 aliphatic carbocycles. The van der Waals surface area contributed by atoms with Gasteiger partial charge in [-0.15, -0.1) is 11.3 Å². The van der Waals surface area contributed by atoms with Crippen molar-refractivity contribution in [3.05, 3.63) is 46.5 Å². The van der Waals surface area contributed by atoms with Gasteiger partial charge in [-0.3, -0.25) is 9.59 Å². The van der Waals surface area contributed by atoms with E-state index in [1.807, 2.05) is 17.5 Å². The molecule has 0 aliphatic heterocycles. The summed E-state index contributed by atoms with van der Waals surface area (Å²) >= 11 is 1.51. The Hall–Kier alpha value is -2.12. The largest absolute Gasteiger partial charge is 0.472 e. The third kappa shape index (κ3) is 4.73. The minimum Gasteiger partial charge on any atom is -0.472 e. The van der Waals surface area contributed by atoms with Crippen LogP contribution >= 0.6 is 11.3 Å². The maximum absolute atomic E-state index is 11.6. The SMILES string of the molecule is O=C(NCCC(O)c1ccoc1)C(=O)NCc1cccs1. The topological polar surface area (TPSA) is 91.6 Å². The first-order valence-electron chi connectivity index (χ1n) is 6.45. The van der Waals surface area contributed by atoms with E-state index in [4.69, 9.17) is 4.42 Å². The van der Waals surface area contributed by atoms with E-state index in [-0.39, 0.29) is 6.54 Å². The normalized spacial score (nSPS) is 11.9. The second-order valence-corrected chi connectivity index (χ2v) is 5.41. The van der Waals surface area contributed by atoms with Crippen LogP contribution in [0.2, 0.25) is 0 Å². The molecule has 0 bridgehead atoms. The second kappa shape index (κ2) is 7.61. The van der Waals surface area contributed by atoms with Gasteiger partial charge in [-0.05, 0) is 23.9 Å². The monoisotopic (exact) mass is 308 g/mol. The van der Waals surface area contributed by atoms with Crippen molar-refractivity contribution in [2.45, 2.75) is 19.1 Å². The van der Waals surface area contributed by atoms with E-state index in [2.05, 4.69) is 10.6 Å². The Kier molecular flexibility index (Phi) is 5.53. The van der Waals surface area contributed by atoms with Crippen LogP contribution in [0.1, 0.15) is 23.0 Å². The number of hydrogen-bond acceptors (Lipinski definition) is 5. The van der Waals surface area contributed by atoms with Crippen molar-refractivity contribution in [2.24, 2.45) is 0 Å². The van der Waals surface area contributed by atoms with E-state index in [1.165, 1.54) is 23.9 Å². The molecule has 2 heterocycles. The van der Waals surface area contributed by atoms with Crippen molar-refractivity contribution in [3.8, 4) is 0 Å². The molecule has 2 aromatic rings. The van der Waals surface area contributed by atoms with Gasteiger partial charge in [-0.2, -0.15) is 0 Å². The summed E-state index contributed by atoms with van der Waals surface area (Å²) in [5, 5.41) is 16.7. The number of thiophene rings is 1. The fraction of sp³-hybridized carbons (Fsp3) is 0.286. The van der Waals surface area contributed by atoms with Crippen molar-refractivity contribution < 1.29 is 19.1 Å². The molecule has 0 saturated heterocycles. The molecule has 0 aromatic carbocycles. The molecule has 21 heavy (non-hydrogen) atoms. The third-order valence-electron chi connectivity index (χ3n) is 2.84. The molecule has 7 heteroatoms. The summed E-state index contributed by atoms with van der Waals surface area (Å²) < 4.78 is 4.86. The predicted octanol–water partition coefficient (Wildman–Crippen LogP) is 1.20. The quantitative estimate of drug-likeness (QED) is 0.699. The fourth-order valence-electron chi connectivity index (χ4n) is 1.69. The molecule has 2 amide bonds. The van der Waals surface area contributed by atoms with Gasteiger partial charge in [0.05, 0.1) is 25.2 Å². The Balaban J connectivity index is 1.65. The number of carbonyl (C=O) groups excluding carboxylic acids is 2. The summed E-state index contributed by atoms with van der Waals surface area (Å²) in [5.41, 5.74) is 0.645. The van der Waals surface area contributed by atoms with Gasteiger partial charge in [-0.1, -0.05) is 6.07 Å². The van der Waals surface area contributed by atoms with Crippen LogP contribution in [0.5, 0.6) is 0 Å². The molecular formula is C14H16N2O4S. The van der Waals surface area contributed by atoms with Gasteiger partial charge in [0.25, 0.3) is 0 Å². The molecule has 112 valence electrons. The molecule has 0 saturated carbocycles. The van der Waals surface area contributed by atoms with Crippen LogP contribution in [0.15, 0.2) is 40.5 Å². The lowest BCUT2D eigenvalue weighted by Gasteiger charge is -2.09. The second-order valence-electron chi connectivity index (χ2n) is 4.38. The molecule has 1 unspecified atom stereocenters. The Bertz CT molecular complexity index is 566. The molecule has 0 fully saturated rings. The molecular weight excluding hydrogens is 292 g/mol. The van der Waals surface area contributed by atoms with Crippen molar-refractivity contribution >= 4 is 23.2 Å². The molecule has 0 spiro atoms. The lowest BCUT2D eigenvalue weighted by molar-refractivity contribution is -0.139. The standard InChI is InChI=1S/C14H16N2O4S/c17-12(10-4-6-20-9-10)3-5-15-13(18)14(19)16-8-11-2-1-7-21-11/h1-2,4,6-7,9,12,17H,3,5,8H2,(H,15,18)(H,16,19). The van der Waals surface area contributed by atoms with E-state index in [1.54, 1.807) is 6.07 Å². The van der Waals surface area contributed by atoms with E-state index in [0.717, 1.165) is 4.88 Å². The molecule has 3 N–H and O–H groups in total. The first kappa shape index (κ1) is 15.3. The highest BCUT2D eigenvalue weighted by atomic mass is 32.1. The summed E-state index contributed by atoms with van der Waals surface area (Å²) in [5.74, 6) is -1.38. The smallest absolute Gasteiger partial charge is 0.309 e. The van der Waals surface area contributed by atoms with E-state index in [9.17, 15) is 14.7 Å². The average Bonchev–Trinajstić information content (AvgIpc) is 3.17. The number of aliphatic hydroxyl groups is 1. The van der Waals surface area contributed by atoms with Crippen LogP contribution in [0, 0.1) is 0 Å². The van der Waals surface area contributed by atoms with Gasteiger partial charge in [0, 0.05) is 17.0 Å². The van der Waals surface area contributed by atoms with Crippen molar-refractivity contribution in [1.82, 2.24) is 10.6 Å². The van der Waals surface area contributed by atoms with E-state index >= 15 is 0 Å². The average molecular weight is 308 g/mol. The Morgan fingerprint density at radius 2 is 2.10 bits per heavy atom. The summed E-state index contributed by atoms with van der Waals surface area (Å²) in [6.07, 6.45) is 2.50. The number of aliphatic hydroxyl groups excluding tert-OH is 1. The van der Waals surface area contributed by atoms with Gasteiger partial charge in [0.15, 0.2) is 0 Å². The highest BCUT2D eigenvalue weighted by molar-refractivity contribution is 7.09. The zero-order valence-electron chi connectivity index (χ0n) is 11.2. The number of furan rings is 1. The lowest BCUT2D eigenvalue weighted by Crippen LogP contribution is -2.40. The van der Waals surface area contributed by atoms with Gasteiger partial charge in [0.1, 0.15) is 0 Å². The summed E-state index contributed by atoms with van der Waals surface area (Å²) in [7, 11) is 0. The minimum atomic E-state index is -0.724. The van der Waals surface area contributed by atoms with Crippen molar-refractivity contribution in [3.63, 3.8) is 0 Å². The molecule has 6 nitrogen and oxygen atoms in total. The van der Waals surface area contributed by atoms with Gasteiger partial charge < -0.3 is 20.2 Å². The number of rotatable bonds is 6. The van der Waals surface area contributed by atoms with Crippen LogP contribution in [-0.2, 0) is 16.1 Å². The summed E-state index contributed by atoms with van der Waals surface area (Å²) in [6, 6.07) is 5.41. The van der Waals surface area contributed by atoms with Crippen molar-refractivity contribution in [2.75, 3.05) is 6.54 Å².